The van der Waals surface area contributed by atoms with Gasteiger partial charge in [0.25, 0.3) is 0 Å². The number of rotatable bonds is 4. The van der Waals surface area contributed by atoms with Crippen molar-refractivity contribution in [2.45, 2.75) is 11.9 Å². The van der Waals surface area contributed by atoms with Crippen LogP contribution in [-0.4, -0.2) is 20.1 Å². The van der Waals surface area contributed by atoms with Crippen LogP contribution in [0.1, 0.15) is 11.1 Å². The first-order valence-corrected chi connectivity index (χ1v) is 7.32. The quantitative estimate of drug-likeness (QED) is 0.844. The standard InChI is InChI=1S/C14H14OSe/c15-10-12-6-8-14(9-7-12)16-11-13-4-2-1-3-5-13/h1-9,15H,10-11H2. The summed E-state index contributed by atoms with van der Waals surface area (Å²) in [5, 5.41) is 10.1. The Morgan fingerprint density at radius 3 is 2.12 bits per heavy atom. The number of benzene rings is 2. The van der Waals surface area contributed by atoms with E-state index in [1.165, 1.54) is 10.0 Å². The van der Waals surface area contributed by atoms with Crippen LogP contribution in [0.25, 0.3) is 0 Å². The van der Waals surface area contributed by atoms with Crippen LogP contribution in [0, 0.1) is 0 Å². The van der Waals surface area contributed by atoms with E-state index in [-0.39, 0.29) is 6.61 Å². The molecule has 2 aromatic carbocycles. The van der Waals surface area contributed by atoms with Gasteiger partial charge in [-0.2, -0.15) is 0 Å². The van der Waals surface area contributed by atoms with Gasteiger partial charge in [0.1, 0.15) is 0 Å². The molecular formula is C14H14OSe. The molecule has 1 N–H and O–H groups in total. The fourth-order valence-electron chi connectivity index (χ4n) is 1.43. The number of hydrogen-bond acceptors (Lipinski definition) is 1. The molecule has 0 atom stereocenters. The van der Waals surface area contributed by atoms with Gasteiger partial charge < -0.3 is 0 Å². The second-order valence-corrected chi connectivity index (χ2v) is 5.78. The summed E-state index contributed by atoms with van der Waals surface area (Å²) in [6.07, 6.45) is 0. The van der Waals surface area contributed by atoms with Crippen molar-refractivity contribution < 1.29 is 5.11 Å². The van der Waals surface area contributed by atoms with E-state index in [4.69, 9.17) is 5.11 Å². The van der Waals surface area contributed by atoms with Crippen molar-refractivity contribution in [2.24, 2.45) is 0 Å². The van der Waals surface area contributed by atoms with E-state index in [0.717, 1.165) is 10.9 Å². The van der Waals surface area contributed by atoms with Gasteiger partial charge >= 0.3 is 102 Å². The van der Waals surface area contributed by atoms with Gasteiger partial charge in [-0.25, -0.2) is 0 Å². The molecule has 2 aromatic rings. The third-order valence-corrected chi connectivity index (χ3v) is 4.63. The molecule has 0 bridgehead atoms. The maximum absolute atomic E-state index is 8.94. The first-order valence-electron chi connectivity index (χ1n) is 5.25. The van der Waals surface area contributed by atoms with Gasteiger partial charge in [-0.05, 0) is 0 Å². The van der Waals surface area contributed by atoms with Crippen molar-refractivity contribution in [3.63, 3.8) is 0 Å². The average Bonchev–Trinajstić information content (AvgIpc) is 2.38. The molecule has 0 fully saturated rings. The van der Waals surface area contributed by atoms with Crippen molar-refractivity contribution in [3.8, 4) is 0 Å². The fraction of sp³-hybridized carbons (Fsp3) is 0.143. The Labute approximate surface area is 102 Å². The zero-order chi connectivity index (χ0) is 11.2. The molecule has 0 aliphatic rings. The van der Waals surface area contributed by atoms with E-state index >= 15 is 0 Å². The molecule has 0 aliphatic carbocycles. The van der Waals surface area contributed by atoms with Crippen molar-refractivity contribution in [2.75, 3.05) is 0 Å². The van der Waals surface area contributed by atoms with E-state index < -0.39 is 0 Å². The Bertz CT molecular complexity index is 422. The number of aliphatic hydroxyl groups is 1. The molecule has 0 aromatic heterocycles. The van der Waals surface area contributed by atoms with Crippen LogP contribution >= 0.6 is 0 Å². The van der Waals surface area contributed by atoms with E-state index in [0.29, 0.717) is 15.0 Å². The SMILES string of the molecule is OCc1ccc([Se]Cc2ccccc2)cc1. The van der Waals surface area contributed by atoms with Crippen molar-refractivity contribution >= 4 is 19.4 Å². The molecule has 0 spiro atoms. The van der Waals surface area contributed by atoms with E-state index in [9.17, 15) is 0 Å². The molecule has 0 radical (unpaired) electrons. The normalized spacial score (nSPS) is 10.3. The molecular weight excluding hydrogens is 263 g/mol. The van der Waals surface area contributed by atoms with Gasteiger partial charge in [-0.3, -0.25) is 0 Å². The van der Waals surface area contributed by atoms with E-state index in [2.05, 4.69) is 36.4 Å². The van der Waals surface area contributed by atoms with Gasteiger partial charge in [0.2, 0.25) is 0 Å². The second kappa shape index (κ2) is 5.86. The van der Waals surface area contributed by atoms with Gasteiger partial charge in [0.15, 0.2) is 0 Å². The molecule has 0 aliphatic heterocycles. The topological polar surface area (TPSA) is 20.2 Å². The summed E-state index contributed by atoms with van der Waals surface area (Å²) in [4.78, 5) is 0. The minimum atomic E-state index is 0.131. The van der Waals surface area contributed by atoms with Crippen molar-refractivity contribution in [1.82, 2.24) is 0 Å². The van der Waals surface area contributed by atoms with Crippen molar-refractivity contribution in [3.05, 3.63) is 65.7 Å². The number of aliphatic hydroxyl groups excluding tert-OH is 1. The minimum absolute atomic E-state index is 0.131. The third-order valence-electron chi connectivity index (χ3n) is 2.35. The first kappa shape index (κ1) is 11.4. The third kappa shape index (κ3) is 3.21. The predicted octanol–water partition coefficient (Wildman–Crippen LogP) is 1.71. The summed E-state index contributed by atoms with van der Waals surface area (Å²) < 4.78 is 1.38. The zero-order valence-corrected chi connectivity index (χ0v) is 10.7. The van der Waals surface area contributed by atoms with Crippen LogP contribution in [0.15, 0.2) is 54.6 Å². The summed E-state index contributed by atoms with van der Waals surface area (Å²) in [7, 11) is 0. The molecule has 2 heteroatoms. The van der Waals surface area contributed by atoms with Gasteiger partial charge in [-0.1, -0.05) is 0 Å². The molecule has 1 nitrogen and oxygen atoms in total. The molecule has 82 valence electrons. The summed E-state index contributed by atoms with van der Waals surface area (Å²) in [5.41, 5.74) is 2.38. The van der Waals surface area contributed by atoms with E-state index in [1.807, 2.05) is 18.2 Å². The monoisotopic (exact) mass is 278 g/mol. The van der Waals surface area contributed by atoms with Gasteiger partial charge in [-0.15, -0.1) is 0 Å². The van der Waals surface area contributed by atoms with Crippen LogP contribution < -0.4 is 4.46 Å². The predicted molar refractivity (Wildman–Crippen MR) is 67.9 cm³/mol. The summed E-state index contributed by atoms with van der Waals surface area (Å²) in [6, 6.07) is 18.8. The molecule has 0 amide bonds. The van der Waals surface area contributed by atoms with Gasteiger partial charge in [0.05, 0.1) is 0 Å². The maximum atomic E-state index is 8.94. The molecule has 2 rings (SSSR count). The molecule has 0 saturated carbocycles. The molecule has 0 heterocycles. The Hall–Kier alpha value is -1.08. The van der Waals surface area contributed by atoms with Gasteiger partial charge in [0, 0.05) is 0 Å². The molecule has 16 heavy (non-hydrogen) atoms. The second-order valence-electron chi connectivity index (χ2n) is 3.58. The number of hydrogen-bond donors (Lipinski definition) is 1. The molecule has 0 saturated heterocycles. The summed E-state index contributed by atoms with van der Waals surface area (Å²) in [5.74, 6) is 0. The van der Waals surface area contributed by atoms with Crippen molar-refractivity contribution in [1.29, 1.82) is 0 Å². The molecule has 0 unspecified atom stereocenters. The Kier molecular flexibility index (Phi) is 4.17. The summed E-state index contributed by atoms with van der Waals surface area (Å²) >= 11 is 0.481. The van der Waals surface area contributed by atoms with E-state index in [1.54, 1.807) is 0 Å². The van der Waals surface area contributed by atoms with Crippen LogP contribution in [0.5, 0.6) is 0 Å². The fourth-order valence-corrected chi connectivity index (χ4v) is 3.22. The van der Waals surface area contributed by atoms with Crippen LogP contribution in [0.2, 0.25) is 0 Å². The van der Waals surface area contributed by atoms with Crippen LogP contribution in [0.3, 0.4) is 0 Å². The average molecular weight is 277 g/mol. The first-order chi connectivity index (χ1) is 7.88. The van der Waals surface area contributed by atoms with Crippen LogP contribution in [0.4, 0.5) is 0 Å². The Balaban J connectivity index is 1.94. The Morgan fingerprint density at radius 1 is 0.812 bits per heavy atom. The Morgan fingerprint density at radius 2 is 1.50 bits per heavy atom. The zero-order valence-electron chi connectivity index (χ0n) is 8.97. The summed E-state index contributed by atoms with van der Waals surface area (Å²) in [6.45, 7) is 0.131. The van der Waals surface area contributed by atoms with Crippen LogP contribution in [-0.2, 0) is 11.9 Å².